The van der Waals surface area contributed by atoms with Gasteiger partial charge in [-0.1, -0.05) is 18.2 Å². The molecule has 0 radical (unpaired) electrons. The van der Waals surface area contributed by atoms with Crippen molar-refractivity contribution in [3.63, 3.8) is 0 Å². The van der Waals surface area contributed by atoms with E-state index in [2.05, 4.69) is 20.9 Å². The number of aryl methyl sites for hydroxylation is 1. The second-order valence-corrected chi connectivity index (χ2v) is 6.16. The van der Waals surface area contributed by atoms with Crippen molar-refractivity contribution in [3.8, 4) is 0 Å². The third-order valence-corrected chi connectivity index (χ3v) is 4.27. The standard InChI is InChI=1S/C19H22N4O2/c1-13(14-5-7-17-15(12-14)6-8-18(24)23-17)22-19(25)21-11-9-16-4-2-3-10-20-16/h2-5,7,10,12-13H,6,8-9,11H2,1H3,(H,23,24)(H2,21,22,25). The average Bonchev–Trinajstić information content (AvgIpc) is 2.62. The number of nitrogens with one attached hydrogen (secondary N) is 3. The van der Waals surface area contributed by atoms with Gasteiger partial charge in [-0.2, -0.15) is 0 Å². The molecule has 1 aliphatic rings. The van der Waals surface area contributed by atoms with E-state index in [0.717, 1.165) is 28.9 Å². The number of pyridine rings is 1. The smallest absolute Gasteiger partial charge is 0.315 e. The molecule has 0 spiro atoms. The molecule has 2 heterocycles. The highest BCUT2D eigenvalue weighted by Gasteiger charge is 2.17. The van der Waals surface area contributed by atoms with Crippen LogP contribution in [0.5, 0.6) is 0 Å². The van der Waals surface area contributed by atoms with E-state index < -0.39 is 0 Å². The number of aromatic nitrogens is 1. The summed E-state index contributed by atoms with van der Waals surface area (Å²) in [4.78, 5) is 27.7. The van der Waals surface area contributed by atoms with Crippen molar-refractivity contribution in [1.29, 1.82) is 0 Å². The molecule has 1 aliphatic heterocycles. The number of benzene rings is 1. The van der Waals surface area contributed by atoms with E-state index in [9.17, 15) is 9.59 Å². The fourth-order valence-corrected chi connectivity index (χ4v) is 2.85. The molecule has 6 nitrogen and oxygen atoms in total. The lowest BCUT2D eigenvalue weighted by molar-refractivity contribution is -0.116. The normalized spacial score (nSPS) is 14.2. The lowest BCUT2D eigenvalue weighted by Crippen LogP contribution is -2.38. The number of amides is 3. The summed E-state index contributed by atoms with van der Waals surface area (Å²) in [6, 6.07) is 11.3. The van der Waals surface area contributed by atoms with Gasteiger partial charge >= 0.3 is 6.03 Å². The van der Waals surface area contributed by atoms with Crippen LogP contribution in [0.2, 0.25) is 0 Å². The Morgan fingerprint density at radius 3 is 2.96 bits per heavy atom. The summed E-state index contributed by atoms with van der Waals surface area (Å²) in [7, 11) is 0. The molecular formula is C19H22N4O2. The van der Waals surface area contributed by atoms with Crippen LogP contribution in [0.25, 0.3) is 0 Å². The molecule has 1 aromatic heterocycles. The van der Waals surface area contributed by atoms with Crippen molar-refractivity contribution >= 4 is 17.6 Å². The fourth-order valence-electron chi connectivity index (χ4n) is 2.85. The van der Waals surface area contributed by atoms with Crippen LogP contribution in [0.15, 0.2) is 42.6 Å². The Morgan fingerprint density at radius 2 is 2.16 bits per heavy atom. The van der Waals surface area contributed by atoms with E-state index in [4.69, 9.17) is 0 Å². The highest BCUT2D eigenvalue weighted by molar-refractivity contribution is 5.93. The predicted octanol–water partition coefficient (Wildman–Crippen LogP) is 2.57. The maximum Gasteiger partial charge on any atom is 0.315 e. The highest BCUT2D eigenvalue weighted by Crippen LogP contribution is 2.26. The SMILES string of the molecule is CC(NC(=O)NCCc1ccccn1)c1ccc2c(c1)CCC(=O)N2. The van der Waals surface area contributed by atoms with Gasteiger partial charge in [0, 0.05) is 37.0 Å². The first kappa shape index (κ1) is 17.0. The van der Waals surface area contributed by atoms with Crippen LogP contribution in [0.4, 0.5) is 10.5 Å². The molecule has 3 rings (SSSR count). The average molecular weight is 338 g/mol. The summed E-state index contributed by atoms with van der Waals surface area (Å²) in [6.45, 7) is 2.48. The van der Waals surface area contributed by atoms with Crippen molar-refractivity contribution in [3.05, 3.63) is 59.4 Å². The van der Waals surface area contributed by atoms with E-state index in [1.54, 1.807) is 6.20 Å². The first-order valence-electron chi connectivity index (χ1n) is 8.49. The van der Waals surface area contributed by atoms with Gasteiger partial charge in [-0.15, -0.1) is 0 Å². The minimum Gasteiger partial charge on any atom is -0.338 e. The van der Waals surface area contributed by atoms with Crippen molar-refractivity contribution in [2.24, 2.45) is 0 Å². The number of carbonyl (C=O) groups excluding carboxylic acids is 2. The second-order valence-electron chi connectivity index (χ2n) is 6.16. The number of nitrogens with zero attached hydrogens (tertiary/aromatic N) is 1. The van der Waals surface area contributed by atoms with Gasteiger partial charge in [0.2, 0.25) is 5.91 Å². The maximum absolute atomic E-state index is 12.0. The van der Waals surface area contributed by atoms with E-state index >= 15 is 0 Å². The molecular weight excluding hydrogens is 316 g/mol. The zero-order valence-corrected chi connectivity index (χ0v) is 14.2. The zero-order chi connectivity index (χ0) is 17.6. The first-order valence-corrected chi connectivity index (χ1v) is 8.49. The van der Waals surface area contributed by atoms with Gasteiger partial charge in [0.15, 0.2) is 0 Å². The molecule has 2 aromatic rings. The Morgan fingerprint density at radius 1 is 1.28 bits per heavy atom. The van der Waals surface area contributed by atoms with Crippen LogP contribution in [-0.2, 0) is 17.6 Å². The second kappa shape index (κ2) is 7.79. The maximum atomic E-state index is 12.0. The molecule has 0 fully saturated rings. The Balaban J connectivity index is 1.50. The summed E-state index contributed by atoms with van der Waals surface area (Å²) < 4.78 is 0. The first-order chi connectivity index (χ1) is 12.1. The molecule has 0 bridgehead atoms. The molecule has 3 N–H and O–H groups in total. The molecule has 3 amide bonds. The molecule has 1 unspecified atom stereocenters. The number of anilines is 1. The monoisotopic (exact) mass is 338 g/mol. The topological polar surface area (TPSA) is 83.1 Å². The lowest BCUT2D eigenvalue weighted by atomic mass is 9.98. The van der Waals surface area contributed by atoms with Gasteiger partial charge in [-0.25, -0.2) is 4.79 Å². The van der Waals surface area contributed by atoms with Gasteiger partial charge in [-0.3, -0.25) is 9.78 Å². The highest BCUT2D eigenvalue weighted by atomic mass is 16.2. The van der Waals surface area contributed by atoms with Crippen molar-refractivity contribution in [1.82, 2.24) is 15.6 Å². The molecule has 1 aromatic carbocycles. The van der Waals surface area contributed by atoms with Crippen LogP contribution in [0, 0.1) is 0 Å². The van der Waals surface area contributed by atoms with Crippen LogP contribution in [0.1, 0.15) is 36.2 Å². The van der Waals surface area contributed by atoms with E-state index in [0.29, 0.717) is 19.4 Å². The van der Waals surface area contributed by atoms with Gasteiger partial charge < -0.3 is 16.0 Å². The number of urea groups is 1. The zero-order valence-electron chi connectivity index (χ0n) is 14.2. The molecule has 0 aliphatic carbocycles. The third kappa shape index (κ3) is 4.56. The van der Waals surface area contributed by atoms with Crippen LogP contribution in [-0.4, -0.2) is 23.5 Å². The van der Waals surface area contributed by atoms with E-state index in [1.807, 2.05) is 43.3 Å². The molecule has 0 saturated carbocycles. The number of fused-ring (bicyclic) bond motifs is 1. The predicted molar refractivity (Wildman–Crippen MR) is 96.3 cm³/mol. The number of hydrogen-bond donors (Lipinski definition) is 3. The van der Waals surface area contributed by atoms with Gasteiger partial charge in [0.05, 0.1) is 6.04 Å². The minimum atomic E-state index is -0.200. The number of carbonyl (C=O) groups is 2. The van der Waals surface area contributed by atoms with E-state index in [1.165, 1.54) is 0 Å². The summed E-state index contributed by atoms with van der Waals surface area (Å²) >= 11 is 0. The third-order valence-electron chi connectivity index (χ3n) is 4.27. The molecule has 130 valence electrons. The van der Waals surface area contributed by atoms with E-state index in [-0.39, 0.29) is 18.0 Å². The van der Waals surface area contributed by atoms with Gasteiger partial charge in [0.25, 0.3) is 0 Å². The summed E-state index contributed by atoms with van der Waals surface area (Å²) in [5.74, 6) is 0.0544. The number of rotatable bonds is 5. The van der Waals surface area contributed by atoms with Crippen molar-refractivity contribution in [2.45, 2.75) is 32.2 Å². The Bertz CT molecular complexity index is 761. The minimum absolute atomic E-state index is 0.0544. The Hall–Kier alpha value is -2.89. The fraction of sp³-hybridized carbons (Fsp3) is 0.316. The molecule has 6 heteroatoms. The van der Waals surface area contributed by atoms with Gasteiger partial charge in [-0.05, 0) is 42.7 Å². The molecule has 25 heavy (non-hydrogen) atoms. The largest absolute Gasteiger partial charge is 0.338 e. The summed E-state index contributed by atoms with van der Waals surface area (Å²) in [6.07, 6.45) is 3.68. The summed E-state index contributed by atoms with van der Waals surface area (Å²) in [5.41, 5.74) is 3.95. The quantitative estimate of drug-likeness (QED) is 0.783. The van der Waals surface area contributed by atoms with Crippen LogP contribution < -0.4 is 16.0 Å². The van der Waals surface area contributed by atoms with Crippen molar-refractivity contribution < 1.29 is 9.59 Å². The number of hydrogen-bond acceptors (Lipinski definition) is 3. The Labute approximate surface area is 147 Å². The van der Waals surface area contributed by atoms with Crippen LogP contribution >= 0.6 is 0 Å². The van der Waals surface area contributed by atoms with Gasteiger partial charge in [0.1, 0.15) is 0 Å². The van der Waals surface area contributed by atoms with Crippen LogP contribution in [0.3, 0.4) is 0 Å². The van der Waals surface area contributed by atoms with Crippen molar-refractivity contribution in [2.75, 3.05) is 11.9 Å². The summed E-state index contributed by atoms with van der Waals surface area (Å²) in [5, 5.41) is 8.66. The Kier molecular flexibility index (Phi) is 5.28. The molecule has 1 atom stereocenters. The lowest BCUT2D eigenvalue weighted by Gasteiger charge is -2.20. The molecule has 0 saturated heterocycles.